The van der Waals surface area contributed by atoms with Crippen molar-refractivity contribution in [1.29, 1.82) is 0 Å². The first-order valence-electron chi connectivity index (χ1n) is 5.96. The van der Waals surface area contributed by atoms with Gasteiger partial charge in [0.05, 0.1) is 5.92 Å². The molecule has 1 aliphatic heterocycles. The van der Waals surface area contributed by atoms with Crippen LogP contribution in [-0.4, -0.2) is 25.8 Å². The summed E-state index contributed by atoms with van der Waals surface area (Å²) in [5.41, 5.74) is 0.974. The Kier molecular flexibility index (Phi) is 2.59. The van der Waals surface area contributed by atoms with Gasteiger partial charge in [-0.25, -0.2) is 0 Å². The molecule has 18 heavy (non-hydrogen) atoms. The lowest BCUT2D eigenvalue weighted by Gasteiger charge is -2.21. The van der Waals surface area contributed by atoms with Gasteiger partial charge in [0.1, 0.15) is 5.82 Å². The summed E-state index contributed by atoms with van der Waals surface area (Å²) in [7, 11) is 0. The minimum Gasteiger partial charge on any atom is -0.481 e. The number of aromatic nitrogens is 3. The zero-order valence-electron chi connectivity index (χ0n) is 9.78. The fraction of sp³-hybridized carbons (Fsp3) is 0.308. The van der Waals surface area contributed by atoms with Crippen LogP contribution in [0, 0.1) is 5.92 Å². The zero-order chi connectivity index (χ0) is 12.5. The number of nitrogens with zero attached hydrogens (tertiary/aromatic N) is 3. The highest BCUT2D eigenvalue weighted by Crippen LogP contribution is 2.25. The van der Waals surface area contributed by atoms with Gasteiger partial charge in [-0.05, 0) is 6.42 Å². The van der Waals surface area contributed by atoms with E-state index in [1.54, 1.807) is 0 Å². The third kappa shape index (κ3) is 1.77. The van der Waals surface area contributed by atoms with Gasteiger partial charge in [-0.2, -0.15) is 0 Å². The average molecular weight is 243 g/mol. The predicted molar refractivity (Wildman–Crippen MR) is 64.9 cm³/mol. The number of hydrogen-bond donors (Lipinski definition) is 1. The van der Waals surface area contributed by atoms with Crippen molar-refractivity contribution in [2.24, 2.45) is 5.92 Å². The lowest BCUT2D eigenvalue weighted by atomic mass is 9.99. The Morgan fingerprint density at radius 1 is 1.28 bits per heavy atom. The summed E-state index contributed by atoms with van der Waals surface area (Å²) < 4.78 is 1.93. The number of carboxylic acids is 1. The number of aliphatic carboxylic acids is 1. The maximum Gasteiger partial charge on any atom is 0.308 e. The SMILES string of the molecule is O=C(O)[C@@H]1CCc2nnc(-c3ccccc3)n2C1. The second-order valence-corrected chi connectivity index (χ2v) is 4.49. The Balaban J connectivity index is 2.00. The number of benzene rings is 1. The first kappa shape index (κ1) is 11.0. The fourth-order valence-electron chi connectivity index (χ4n) is 2.33. The molecule has 1 aliphatic rings. The van der Waals surface area contributed by atoms with Crippen LogP contribution in [0.1, 0.15) is 12.2 Å². The molecule has 0 bridgehead atoms. The second kappa shape index (κ2) is 4.25. The van der Waals surface area contributed by atoms with E-state index in [1.165, 1.54) is 0 Å². The molecule has 0 fully saturated rings. The standard InChI is InChI=1S/C13H13N3O2/c17-13(18)10-6-7-11-14-15-12(16(11)8-10)9-4-2-1-3-5-9/h1-5,10H,6-8H2,(H,17,18)/t10-/m1/s1. The van der Waals surface area contributed by atoms with Crippen LogP contribution >= 0.6 is 0 Å². The molecule has 0 radical (unpaired) electrons. The van der Waals surface area contributed by atoms with Crippen molar-refractivity contribution >= 4 is 5.97 Å². The lowest BCUT2D eigenvalue weighted by molar-refractivity contribution is -0.142. The first-order valence-corrected chi connectivity index (χ1v) is 5.96. The van der Waals surface area contributed by atoms with Gasteiger partial charge >= 0.3 is 5.97 Å². The van der Waals surface area contributed by atoms with Crippen LogP contribution in [0.4, 0.5) is 0 Å². The van der Waals surface area contributed by atoms with E-state index >= 15 is 0 Å². The van der Waals surface area contributed by atoms with E-state index in [0.29, 0.717) is 19.4 Å². The summed E-state index contributed by atoms with van der Waals surface area (Å²) in [6.07, 6.45) is 1.32. The fourth-order valence-corrected chi connectivity index (χ4v) is 2.33. The van der Waals surface area contributed by atoms with Gasteiger partial charge in [0.2, 0.25) is 0 Å². The van der Waals surface area contributed by atoms with Crippen LogP contribution in [0.3, 0.4) is 0 Å². The Morgan fingerprint density at radius 3 is 2.78 bits per heavy atom. The van der Waals surface area contributed by atoms with E-state index < -0.39 is 5.97 Å². The Morgan fingerprint density at radius 2 is 2.06 bits per heavy atom. The van der Waals surface area contributed by atoms with Crippen LogP contribution < -0.4 is 0 Å². The summed E-state index contributed by atoms with van der Waals surface area (Å²) in [5.74, 6) is 0.562. The van der Waals surface area contributed by atoms with Crippen LogP contribution in [0.5, 0.6) is 0 Å². The molecular weight excluding hydrogens is 230 g/mol. The van der Waals surface area contributed by atoms with E-state index in [4.69, 9.17) is 5.11 Å². The van der Waals surface area contributed by atoms with Crippen molar-refractivity contribution < 1.29 is 9.90 Å². The number of hydrogen-bond acceptors (Lipinski definition) is 3. The van der Waals surface area contributed by atoms with Crippen molar-refractivity contribution in [2.75, 3.05) is 0 Å². The Hall–Kier alpha value is -2.17. The minimum absolute atomic E-state index is 0.337. The molecule has 0 saturated carbocycles. The zero-order valence-corrected chi connectivity index (χ0v) is 9.78. The summed E-state index contributed by atoms with van der Waals surface area (Å²) in [6, 6.07) is 9.74. The van der Waals surface area contributed by atoms with Crippen LogP contribution in [0.2, 0.25) is 0 Å². The van der Waals surface area contributed by atoms with Gasteiger partial charge in [0.25, 0.3) is 0 Å². The third-order valence-electron chi connectivity index (χ3n) is 3.33. The molecule has 5 heteroatoms. The third-order valence-corrected chi connectivity index (χ3v) is 3.33. The highest BCUT2D eigenvalue weighted by atomic mass is 16.4. The molecule has 1 N–H and O–H groups in total. The molecule has 92 valence electrons. The summed E-state index contributed by atoms with van der Waals surface area (Å²) in [5, 5.41) is 17.4. The molecule has 0 unspecified atom stereocenters. The molecule has 5 nitrogen and oxygen atoms in total. The number of carbonyl (C=O) groups is 1. The molecule has 1 atom stereocenters. The normalized spacial score (nSPS) is 18.3. The van der Waals surface area contributed by atoms with Crippen molar-refractivity contribution in [3.05, 3.63) is 36.2 Å². The maximum atomic E-state index is 11.1. The van der Waals surface area contributed by atoms with E-state index in [9.17, 15) is 4.79 Å². The highest BCUT2D eigenvalue weighted by Gasteiger charge is 2.27. The van der Waals surface area contributed by atoms with Crippen LogP contribution in [0.25, 0.3) is 11.4 Å². The summed E-state index contributed by atoms with van der Waals surface area (Å²) in [4.78, 5) is 11.1. The van der Waals surface area contributed by atoms with Crippen LogP contribution in [-0.2, 0) is 17.8 Å². The molecule has 0 saturated heterocycles. The second-order valence-electron chi connectivity index (χ2n) is 4.49. The van der Waals surface area contributed by atoms with Crippen LogP contribution in [0.15, 0.2) is 30.3 Å². The predicted octanol–water partition coefficient (Wildman–Crippen LogP) is 1.59. The van der Waals surface area contributed by atoms with E-state index in [2.05, 4.69) is 10.2 Å². The number of fused-ring (bicyclic) bond motifs is 1. The maximum absolute atomic E-state index is 11.1. The first-order chi connectivity index (χ1) is 8.75. The number of carboxylic acid groups (broad SMARTS) is 1. The van der Waals surface area contributed by atoms with Gasteiger partial charge < -0.3 is 9.67 Å². The Labute approximate surface area is 104 Å². The molecule has 0 aliphatic carbocycles. The monoisotopic (exact) mass is 243 g/mol. The molecule has 1 aromatic heterocycles. The Bertz CT molecular complexity index is 577. The molecule has 0 spiro atoms. The molecule has 0 amide bonds. The number of aryl methyl sites for hydroxylation is 1. The van der Waals surface area contributed by atoms with E-state index in [-0.39, 0.29) is 5.92 Å². The molecule has 3 rings (SSSR count). The van der Waals surface area contributed by atoms with Gasteiger partial charge in [-0.1, -0.05) is 30.3 Å². The lowest BCUT2D eigenvalue weighted by Crippen LogP contribution is -2.27. The van der Waals surface area contributed by atoms with Gasteiger partial charge in [0.15, 0.2) is 5.82 Å². The molecule has 1 aromatic carbocycles. The summed E-state index contributed by atoms with van der Waals surface area (Å²) in [6.45, 7) is 0.460. The number of rotatable bonds is 2. The highest BCUT2D eigenvalue weighted by molar-refractivity contribution is 5.70. The quantitative estimate of drug-likeness (QED) is 0.869. The molecule has 2 aromatic rings. The van der Waals surface area contributed by atoms with Crippen molar-refractivity contribution in [2.45, 2.75) is 19.4 Å². The van der Waals surface area contributed by atoms with Gasteiger partial charge in [-0.15, -0.1) is 10.2 Å². The largest absolute Gasteiger partial charge is 0.481 e. The van der Waals surface area contributed by atoms with E-state index in [0.717, 1.165) is 17.2 Å². The summed E-state index contributed by atoms with van der Waals surface area (Å²) >= 11 is 0. The van der Waals surface area contributed by atoms with Crippen molar-refractivity contribution in [3.8, 4) is 11.4 Å². The van der Waals surface area contributed by atoms with E-state index in [1.807, 2.05) is 34.9 Å². The van der Waals surface area contributed by atoms with Gasteiger partial charge in [0, 0.05) is 18.5 Å². The average Bonchev–Trinajstić information content (AvgIpc) is 2.82. The molecular formula is C13H13N3O2. The molecule has 2 heterocycles. The van der Waals surface area contributed by atoms with Crippen molar-refractivity contribution in [1.82, 2.24) is 14.8 Å². The van der Waals surface area contributed by atoms with Crippen molar-refractivity contribution in [3.63, 3.8) is 0 Å². The minimum atomic E-state index is -0.742. The topological polar surface area (TPSA) is 68.0 Å². The van der Waals surface area contributed by atoms with Gasteiger partial charge in [-0.3, -0.25) is 4.79 Å². The smallest absolute Gasteiger partial charge is 0.308 e.